The molecule has 0 bridgehead atoms. The third-order valence-electron chi connectivity index (χ3n) is 6.75. The first-order chi connectivity index (χ1) is 20.3. The molecule has 1 unspecified atom stereocenters. The first kappa shape index (κ1) is 28.8. The summed E-state index contributed by atoms with van der Waals surface area (Å²) in [6.45, 7) is 3.94. The van der Waals surface area contributed by atoms with Crippen molar-refractivity contribution in [3.63, 3.8) is 0 Å². The van der Waals surface area contributed by atoms with Crippen molar-refractivity contribution in [2.24, 2.45) is 4.99 Å². The zero-order chi connectivity index (χ0) is 29.8. The minimum Gasteiger partial charge on any atom is -0.497 e. The number of halogens is 1. The lowest BCUT2D eigenvalue weighted by Gasteiger charge is -2.26. The van der Waals surface area contributed by atoms with Gasteiger partial charge in [0.2, 0.25) is 0 Å². The van der Waals surface area contributed by atoms with Crippen LogP contribution < -0.4 is 29.1 Å². The summed E-state index contributed by atoms with van der Waals surface area (Å²) < 4.78 is 37.3. The van der Waals surface area contributed by atoms with Gasteiger partial charge in [-0.2, -0.15) is 0 Å². The van der Waals surface area contributed by atoms with Gasteiger partial charge in [-0.15, -0.1) is 0 Å². The number of fused-ring (bicyclic) bond motifs is 1. The molecule has 0 fully saturated rings. The molecule has 0 spiro atoms. The van der Waals surface area contributed by atoms with E-state index in [9.17, 15) is 14.0 Å². The quantitative estimate of drug-likeness (QED) is 0.267. The highest BCUT2D eigenvalue weighted by molar-refractivity contribution is 7.07. The van der Waals surface area contributed by atoms with Crippen LogP contribution in [0.3, 0.4) is 0 Å². The Labute approximate surface area is 245 Å². The zero-order valence-corrected chi connectivity index (χ0v) is 24.4. The number of methoxy groups -OCH3 is 2. The minimum atomic E-state index is -0.814. The van der Waals surface area contributed by atoms with Gasteiger partial charge in [-0.05, 0) is 67.4 Å². The predicted molar refractivity (Wildman–Crippen MR) is 157 cm³/mol. The molecule has 0 aliphatic carbocycles. The molecule has 8 nitrogen and oxygen atoms in total. The molecule has 1 atom stereocenters. The summed E-state index contributed by atoms with van der Waals surface area (Å²) in [7, 11) is 3.07. The summed E-state index contributed by atoms with van der Waals surface area (Å²) in [6, 6.07) is 17.9. The van der Waals surface area contributed by atoms with E-state index in [1.165, 1.54) is 35.1 Å². The fourth-order valence-electron chi connectivity index (χ4n) is 4.69. The van der Waals surface area contributed by atoms with Crippen LogP contribution in [0.15, 0.2) is 87.8 Å². The van der Waals surface area contributed by atoms with E-state index >= 15 is 0 Å². The van der Waals surface area contributed by atoms with Crippen LogP contribution in [0.25, 0.3) is 6.08 Å². The maximum absolute atomic E-state index is 13.9. The highest BCUT2D eigenvalue weighted by Crippen LogP contribution is 2.37. The van der Waals surface area contributed by atoms with Gasteiger partial charge in [0.05, 0.1) is 36.6 Å². The molecule has 3 aromatic carbocycles. The van der Waals surface area contributed by atoms with Gasteiger partial charge in [0.15, 0.2) is 4.80 Å². The lowest BCUT2D eigenvalue weighted by atomic mass is 9.95. The second-order valence-corrected chi connectivity index (χ2v) is 10.4. The van der Waals surface area contributed by atoms with Crippen molar-refractivity contribution in [3.8, 4) is 17.2 Å². The summed E-state index contributed by atoms with van der Waals surface area (Å²) in [5.41, 5.74) is 2.67. The van der Waals surface area contributed by atoms with Crippen LogP contribution in [-0.2, 0) is 16.1 Å². The molecule has 5 rings (SSSR count). The van der Waals surface area contributed by atoms with Crippen molar-refractivity contribution in [2.45, 2.75) is 26.5 Å². The van der Waals surface area contributed by atoms with Crippen molar-refractivity contribution >= 4 is 23.4 Å². The smallest absolute Gasteiger partial charge is 0.338 e. The number of hydrogen-bond acceptors (Lipinski definition) is 8. The van der Waals surface area contributed by atoms with Gasteiger partial charge in [-0.25, -0.2) is 14.2 Å². The van der Waals surface area contributed by atoms with Crippen LogP contribution in [0.1, 0.15) is 36.6 Å². The number of ether oxygens (including phenoxy) is 4. The lowest BCUT2D eigenvalue weighted by molar-refractivity contribution is -0.139. The van der Waals surface area contributed by atoms with E-state index in [-0.39, 0.29) is 23.6 Å². The summed E-state index contributed by atoms with van der Waals surface area (Å²) >= 11 is 1.23. The number of nitrogens with zero attached hydrogens (tertiary/aromatic N) is 2. The summed E-state index contributed by atoms with van der Waals surface area (Å²) in [5, 5.41) is 0. The van der Waals surface area contributed by atoms with Gasteiger partial charge in [-0.1, -0.05) is 35.6 Å². The average molecular weight is 589 g/mol. The molecule has 216 valence electrons. The molecule has 0 radical (unpaired) electrons. The van der Waals surface area contributed by atoms with Crippen molar-refractivity contribution in [1.29, 1.82) is 0 Å². The molecule has 0 N–H and O–H groups in total. The fraction of sp³-hybridized carbons (Fsp3) is 0.219. The minimum absolute atomic E-state index is 0.177. The maximum Gasteiger partial charge on any atom is 0.338 e. The standard InChI is InChI=1S/C32H29FN2O6S/c1-5-40-31(37)28-19(2)34-32-35(29(28)25-15-14-24(38-3)17-26(25)39-4)30(36)27(42-32)16-20-8-12-23(13-9-20)41-18-21-6-10-22(33)11-7-21/h6-17,29H,5,18H2,1-4H3. The number of carbonyl (C=O) groups excluding carboxylic acids is 1. The monoisotopic (exact) mass is 588 g/mol. The van der Waals surface area contributed by atoms with Gasteiger partial charge >= 0.3 is 5.97 Å². The third kappa shape index (κ3) is 5.84. The van der Waals surface area contributed by atoms with E-state index in [1.54, 1.807) is 69.5 Å². The molecule has 1 aliphatic heterocycles. The van der Waals surface area contributed by atoms with Gasteiger partial charge in [0.1, 0.15) is 35.7 Å². The summed E-state index contributed by atoms with van der Waals surface area (Å²) in [5.74, 6) is 0.828. The number of carbonyl (C=O) groups is 1. The van der Waals surface area contributed by atoms with Crippen molar-refractivity contribution < 1.29 is 28.1 Å². The van der Waals surface area contributed by atoms with Crippen molar-refractivity contribution in [3.05, 3.63) is 120 Å². The summed E-state index contributed by atoms with van der Waals surface area (Å²) in [6.07, 6.45) is 1.78. The number of thiazole rings is 1. The molecule has 1 aliphatic rings. The molecular weight excluding hydrogens is 559 g/mol. The van der Waals surface area contributed by atoms with E-state index in [4.69, 9.17) is 18.9 Å². The van der Waals surface area contributed by atoms with Crippen LogP contribution in [0.4, 0.5) is 4.39 Å². The number of hydrogen-bond donors (Lipinski definition) is 0. The Balaban J connectivity index is 1.53. The second kappa shape index (κ2) is 12.4. The largest absolute Gasteiger partial charge is 0.497 e. The predicted octanol–water partition coefficient (Wildman–Crippen LogP) is 4.53. The van der Waals surface area contributed by atoms with Crippen LogP contribution in [-0.4, -0.2) is 31.4 Å². The van der Waals surface area contributed by atoms with E-state index in [1.807, 2.05) is 12.1 Å². The molecule has 10 heteroatoms. The van der Waals surface area contributed by atoms with Crippen LogP contribution in [0.5, 0.6) is 17.2 Å². The maximum atomic E-state index is 13.9. The van der Waals surface area contributed by atoms with Crippen molar-refractivity contribution in [1.82, 2.24) is 4.57 Å². The van der Waals surface area contributed by atoms with E-state index in [0.29, 0.717) is 44.4 Å². The summed E-state index contributed by atoms with van der Waals surface area (Å²) in [4.78, 5) is 32.1. The zero-order valence-electron chi connectivity index (χ0n) is 23.5. The SMILES string of the molecule is CCOC(=O)C1=C(C)N=c2sc(=Cc3ccc(OCc4ccc(F)cc4)cc3)c(=O)n2C1c1ccc(OC)cc1OC. The Morgan fingerprint density at radius 2 is 1.74 bits per heavy atom. The average Bonchev–Trinajstić information content (AvgIpc) is 3.30. The topological polar surface area (TPSA) is 88.4 Å². The number of aromatic nitrogens is 1. The molecular formula is C32H29FN2O6S. The lowest BCUT2D eigenvalue weighted by Crippen LogP contribution is -2.40. The number of esters is 1. The van der Waals surface area contributed by atoms with Crippen LogP contribution >= 0.6 is 11.3 Å². The molecule has 42 heavy (non-hydrogen) atoms. The van der Waals surface area contributed by atoms with Crippen molar-refractivity contribution in [2.75, 3.05) is 20.8 Å². The molecule has 2 heterocycles. The molecule has 0 amide bonds. The first-order valence-corrected chi connectivity index (χ1v) is 14.0. The second-order valence-electron chi connectivity index (χ2n) is 9.39. The Morgan fingerprint density at radius 3 is 2.40 bits per heavy atom. The van der Waals surface area contributed by atoms with Gasteiger partial charge in [0, 0.05) is 11.6 Å². The first-order valence-electron chi connectivity index (χ1n) is 13.2. The highest BCUT2D eigenvalue weighted by atomic mass is 32.1. The molecule has 0 saturated carbocycles. The van der Waals surface area contributed by atoms with E-state index in [2.05, 4.69) is 4.99 Å². The van der Waals surface area contributed by atoms with Gasteiger partial charge in [-0.3, -0.25) is 9.36 Å². The normalized spacial score (nSPS) is 14.7. The van der Waals surface area contributed by atoms with Gasteiger partial charge < -0.3 is 18.9 Å². The Hall–Kier alpha value is -4.70. The highest BCUT2D eigenvalue weighted by Gasteiger charge is 2.35. The number of benzene rings is 3. The van der Waals surface area contributed by atoms with Crippen LogP contribution in [0, 0.1) is 5.82 Å². The Bertz CT molecular complexity index is 1820. The number of allylic oxidation sites excluding steroid dienone is 1. The Morgan fingerprint density at radius 1 is 1.02 bits per heavy atom. The number of rotatable bonds is 9. The molecule has 1 aromatic heterocycles. The Kier molecular flexibility index (Phi) is 8.53. The van der Waals surface area contributed by atoms with Crippen LogP contribution in [0.2, 0.25) is 0 Å². The van der Waals surface area contributed by atoms with Gasteiger partial charge in [0.25, 0.3) is 5.56 Å². The van der Waals surface area contributed by atoms with E-state index < -0.39 is 12.0 Å². The third-order valence-corrected chi connectivity index (χ3v) is 7.73. The fourth-order valence-corrected chi connectivity index (χ4v) is 5.74. The molecule has 0 saturated heterocycles. The molecule has 4 aromatic rings. The van der Waals surface area contributed by atoms with E-state index in [0.717, 1.165) is 11.1 Å².